The van der Waals surface area contributed by atoms with Gasteiger partial charge < -0.3 is 9.47 Å². The Kier molecular flexibility index (Phi) is 3.77. The molecule has 1 aliphatic rings. The van der Waals surface area contributed by atoms with Gasteiger partial charge in [-0.15, -0.1) is 0 Å². The molecular formula is C14H16N2O2. The summed E-state index contributed by atoms with van der Waals surface area (Å²) in [5, 5.41) is 0. The van der Waals surface area contributed by atoms with Crippen molar-refractivity contribution >= 4 is 0 Å². The molecule has 0 saturated carbocycles. The second-order valence-corrected chi connectivity index (χ2v) is 3.61. The van der Waals surface area contributed by atoms with Crippen LogP contribution < -0.4 is 9.47 Å². The van der Waals surface area contributed by atoms with Gasteiger partial charge in [-0.2, -0.15) is 0 Å². The van der Waals surface area contributed by atoms with E-state index in [-0.39, 0.29) is 0 Å². The van der Waals surface area contributed by atoms with Crippen LogP contribution >= 0.6 is 0 Å². The Bertz CT molecular complexity index is 541. The van der Waals surface area contributed by atoms with E-state index in [1.807, 2.05) is 45.0 Å². The number of ether oxygens (including phenoxy) is 2. The van der Waals surface area contributed by atoms with Crippen LogP contribution in [0.3, 0.4) is 0 Å². The van der Waals surface area contributed by atoms with Crippen molar-refractivity contribution in [3.05, 3.63) is 36.3 Å². The van der Waals surface area contributed by atoms with Crippen LogP contribution in [0.4, 0.5) is 0 Å². The second kappa shape index (κ2) is 5.49. The molecule has 1 aromatic carbocycles. The normalized spacial score (nSPS) is 11.7. The predicted octanol–water partition coefficient (Wildman–Crippen LogP) is 3.21. The molecule has 0 saturated heterocycles. The average Bonchev–Trinajstić information content (AvgIpc) is 2.88. The molecule has 0 N–H and O–H groups in total. The summed E-state index contributed by atoms with van der Waals surface area (Å²) in [7, 11) is 0. The summed E-state index contributed by atoms with van der Waals surface area (Å²) in [6.45, 7) is 6.24. The van der Waals surface area contributed by atoms with Crippen LogP contribution in [0.25, 0.3) is 11.3 Å². The Hall–Kier alpha value is -2.10. The molecule has 0 radical (unpaired) electrons. The molecular weight excluding hydrogens is 228 g/mol. The van der Waals surface area contributed by atoms with E-state index >= 15 is 0 Å². The first kappa shape index (κ1) is 12.4. The first-order valence-electron chi connectivity index (χ1n) is 6.01. The fraction of sp³-hybridized carbons (Fsp3) is 0.286. The Balaban J connectivity index is 0.000000574. The predicted molar refractivity (Wildman–Crippen MR) is 69.7 cm³/mol. The standard InChI is InChI=1S/C12H10N2O2.C2H6/c1-8-4-10(14-6-13-8)9-2-3-11-12(5-9)16-7-15-11;1-2/h2-6H,7H2,1H3;1-2H3. The summed E-state index contributed by atoms with van der Waals surface area (Å²) in [6.07, 6.45) is 1.56. The van der Waals surface area contributed by atoms with Crippen molar-refractivity contribution in [2.45, 2.75) is 20.8 Å². The summed E-state index contributed by atoms with van der Waals surface area (Å²) in [6, 6.07) is 7.74. The second-order valence-electron chi connectivity index (χ2n) is 3.61. The van der Waals surface area contributed by atoms with Gasteiger partial charge in [0.2, 0.25) is 6.79 Å². The molecule has 0 amide bonds. The Labute approximate surface area is 107 Å². The molecule has 1 aliphatic heterocycles. The summed E-state index contributed by atoms with van der Waals surface area (Å²) in [4.78, 5) is 8.30. The number of aryl methyl sites for hydroxylation is 1. The number of benzene rings is 1. The van der Waals surface area contributed by atoms with Crippen LogP contribution in [0.1, 0.15) is 19.5 Å². The van der Waals surface area contributed by atoms with Crippen molar-refractivity contribution in [1.29, 1.82) is 0 Å². The number of hydrogen-bond donors (Lipinski definition) is 0. The van der Waals surface area contributed by atoms with Crippen LogP contribution in [0.5, 0.6) is 11.5 Å². The van der Waals surface area contributed by atoms with E-state index in [2.05, 4.69) is 9.97 Å². The lowest BCUT2D eigenvalue weighted by atomic mass is 10.1. The van der Waals surface area contributed by atoms with Crippen molar-refractivity contribution in [1.82, 2.24) is 9.97 Å². The van der Waals surface area contributed by atoms with E-state index in [4.69, 9.17) is 9.47 Å². The Morgan fingerprint density at radius 1 is 1.00 bits per heavy atom. The zero-order valence-electron chi connectivity index (χ0n) is 10.8. The van der Waals surface area contributed by atoms with Gasteiger partial charge in [-0.1, -0.05) is 13.8 Å². The third kappa shape index (κ3) is 2.42. The van der Waals surface area contributed by atoms with E-state index in [0.29, 0.717) is 6.79 Å². The molecule has 0 atom stereocenters. The van der Waals surface area contributed by atoms with Gasteiger partial charge >= 0.3 is 0 Å². The fourth-order valence-corrected chi connectivity index (χ4v) is 1.67. The van der Waals surface area contributed by atoms with Gasteiger partial charge in [-0.3, -0.25) is 0 Å². The highest BCUT2D eigenvalue weighted by atomic mass is 16.7. The Morgan fingerprint density at radius 3 is 2.56 bits per heavy atom. The highest BCUT2D eigenvalue weighted by molar-refractivity contribution is 5.64. The largest absolute Gasteiger partial charge is 0.454 e. The highest BCUT2D eigenvalue weighted by Crippen LogP contribution is 2.35. The fourth-order valence-electron chi connectivity index (χ4n) is 1.67. The minimum Gasteiger partial charge on any atom is -0.454 e. The molecule has 0 bridgehead atoms. The quantitative estimate of drug-likeness (QED) is 0.772. The van der Waals surface area contributed by atoms with Gasteiger partial charge in [-0.25, -0.2) is 9.97 Å². The maximum absolute atomic E-state index is 5.33. The topological polar surface area (TPSA) is 44.2 Å². The number of aromatic nitrogens is 2. The molecule has 0 spiro atoms. The number of rotatable bonds is 1. The first-order valence-corrected chi connectivity index (χ1v) is 6.01. The van der Waals surface area contributed by atoms with Gasteiger partial charge in [0, 0.05) is 11.3 Å². The SMILES string of the molecule is CC.Cc1cc(-c2ccc3c(c2)OCO3)ncn1. The van der Waals surface area contributed by atoms with Crippen molar-refractivity contribution in [3.63, 3.8) is 0 Å². The molecule has 0 aliphatic carbocycles. The van der Waals surface area contributed by atoms with Gasteiger partial charge in [0.1, 0.15) is 6.33 Å². The van der Waals surface area contributed by atoms with Crippen LogP contribution in [0.15, 0.2) is 30.6 Å². The third-order valence-corrected chi connectivity index (χ3v) is 2.47. The molecule has 0 unspecified atom stereocenters. The number of nitrogens with zero attached hydrogens (tertiary/aromatic N) is 2. The van der Waals surface area contributed by atoms with Crippen LogP contribution in [-0.4, -0.2) is 16.8 Å². The molecule has 4 nitrogen and oxygen atoms in total. The van der Waals surface area contributed by atoms with E-state index in [1.165, 1.54) is 0 Å². The van der Waals surface area contributed by atoms with E-state index in [0.717, 1.165) is 28.5 Å². The monoisotopic (exact) mass is 244 g/mol. The molecule has 2 heterocycles. The number of hydrogen-bond acceptors (Lipinski definition) is 4. The van der Waals surface area contributed by atoms with Crippen LogP contribution in [-0.2, 0) is 0 Å². The summed E-state index contributed by atoms with van der Waals surface area (Å²) in [5.74, 6) is 1.56. The molecule has 94 valence electrons. The maximum atomic E-state index is 5.33. The molecule has 3 rings (SSSR count). The minimum atomic E-state index is 0.293. The van der Waals surface area contributed by atoms with Crippen molar-refractivity contribution in [3.8, 4) is 22.8 Å². The molecule has 4 heteroatoms. The van der Waals surface area contributed by atoms with E-state index in [9.17, 15) is 0 Å². The Morgan fingerprint density at radius 2 is 1.78 bits per heavy atom. The van der Waals surface area contributed by atoms with Crippen LogP contribution in [0.2, 0.25) is 0 Å². The number of fused-ring (bicyclic) bond motifs is 1. The average molecular weight is 244 g/mol. The first-order chi connectivity index (χ1) is 8.83. The van der Waals surface area contributed by atoms with E-state index in [1.54, 1.807) is 6.33 Å². The lowest BCUT2D eigenvalue weighted by Crippen LogP contribution is -1.92. The molecule has 0 fully saturated rings. The van der Waals surface area contributed by atoms with Gasteiger partial charge in [0.05, 0.1) is 5.69 Å². The minimum absolute atomic E-state index is 0.293. The zero-order chi connectivity index (χ0) is 13.0. The summed E-state index contributed by atoms with van der Waals surface area (Å²) in [5.41, 5.74) is 2.85. The smallest absolute Gasteiger partial charge is 0.231 e. The zero-order valence-corrected chi connectivity index (χ0v) is 10.8. The molecule has 2 aromatic rings. The van der Waals surface area contributed by atoms with Gasteiger partial charge in [0.25, 0.3) is 0 Å². The lowest BCUT2D eigenvalue weighted by molar-refractivity contribution is 0.174. The summed E-state index contributed by atoms with van der Waals surface area (Å²) < 4.78 is 10.6. The lowest BCUT2D eigenvalue weighted by Gasteiger charge is -2.02. The van der Waals surface area contributed by atoms with Crippen molar-refractivity contribution < 1.29 is 9.47 Å². The summed E-state index contributed by atoms with van der Waals surface area (Å²) >= 11 is 0. The molecule has 18 heavy (non-hydrogen) atoms. The highest BCUT2D eigenvalue weighted by Gasteiger charge is 2.14. The van der Waals surface area contributed by atoms with Crippen molar-refractivity contribution in [2.75, 3.05) is 6.79 Å². The van der Waals surface area contributed by atoms with Gasteiger partial charge in [0.15, 0.2) is 11.5 Å². The van der Waals surface area contributed by atoms with E-state index < -0.39 is 0 Å². The van der Waals surface area contributed by atoms with Crippen molar-refractivity contribution in [2.24, 2.45) is 0 Å². The maximum Gasteiger partial charge on any atom is 0.231 e. The third-order valence-electron chi connectivity index (χ3n) is 2.47. The molecule has 1 aromatic heterocycles. The van der Waals surface area contributed by atoms with Gasteiger partial charge in [-0.05, 0) is 31.2 Å². The van der Waals surface area contributed by atoms with Crippen LogP contribution in [0, 0.1) is 6.92 Å².